The third kappa shape index (κ3) is 2.81. The first-order chi connectivity index (χ1) is 6.61. The van der Waals surface area contributed by atoms with Crippen molar-refractivity contribution in [3.8, 4) is 0 Å². The Hall–Kier alpha value is -1.43. The minimum Gasteiger partial charge on any atom is -0.368 e. The van der Waals surface area contributed by atoms with Crippen molar-refractivity contribution in [2.45, 2.75) is 12.5 Å². The van der Waals surface area contributed by atoms with Gasteiger partial charge in [0.1, 0.15) is 6.04 Å². The van der Waals surface area contributed by atoms with Gasteiger partial charge in [-0.1, -0.05) is 35.6 Å². The maximum atomic E-state index is 10.8. The number of hydrogen-bond acceptors (Lipinski definition) is 4. The van der Waals surface area contributed by atoms with Gasteiger partial charge in [-0.2, -0.15) is 0 Å². The molecule has 0 heterocycles. The average Bonchev–Trinajstić information content (AvgIpc) is 2.15. The second-order valence-electron chi connectivity index (χ2n) is 2.93. The van der Waals surface area contributed by atoms with Gasteiger partial charge in [0.2, 0.25) is 5.91 Å². The zero-order valence-electron chi connectivity index (χ0n) is 7.50. The van der Waals surface area contributed by atoms with Crippen molar-refractivity contribution in [2.75, 3.05) is 0 Å². The van der Waals surface area contributed by atoms with Crippen LogP contribution in [0.25, 0.3) is 0 Å². The topological polar surface area (TPSA) is 86.8 Å². The highest BCUT2D eigenvalue weighted by atomic mass is 16.8. The van der Waals surface area contributed by atoms with E-state index in [0.717, 1.165) is 5.56 Å². The fraction of sp³-hybridized carbons (Fsp3) is 0.222. The lowest BCUT2D eigenvalue weighted by atomic mass is 10.1. The molecule has 14 heavy (non-hydrogen) atoms. The van der Waals surface area contributed by atoms with E-state index in [1.165, 1.54) is 0 Å². The van der Waals surface area contributed by atoms with Gasteiger partial charge in [0.25, 0.3) is 0 Å². The highest BCUT2D eigenvalue weighted by molar-refractivity contribution is 5.79. The Balaban J connectivity index is 2.70. The summed E-state index contributed by atoms with van der Waals surface area (Å²) < 4.78 is 0. The zero-order valence-corrected chi connectivity index (χ0v) is 7.50. The van der Waals surface area contributed by atoms with E-state index in [9.17, 15) is 4.79 Å². The minimum absolute atomic E-state index is 0.157. The van der Waals surface area contributed by atoms with Crippen molar-refractivity contribution in [3.63, 3.8) is 0 Å². The molecule has 0 aliphatic rings. The van der Waals surface area contributed by atoms with Crippen LogP contribution in [0.4, 0.5) is 0 Å². The number of benzene rings is 1. The molecule has 1 rings (SSSR count). The summed E-state index contributed by atoms with van der Waals surface area (Å²) in [6.07, 6.45) is 0.170. The Morgan fingerprint density at radius 2 is 1.93 bits per heavy atom. The van der Waals surface area contributed by atoms with E-state index in [0.29, 0.717) is 0 Å². The summed E-state index contributed by atoms with van der Waals surface area (Å²) in [4.78, 5) is 10.8. The Kier molecular flexibility index (Phi) is 3.58. The van der Waals surface area contributed by atoms with Crippen LogP contribution in [0.3, 0.4) is 0 Å². The van der Waals surface area contributed by atoms with E-state index in [1.54, 1.807) is 24.3 Å². The molecule has 1 unspecified atom stereocenters. The molecule has 1 aromatic carbocycles. The summed E-state index contributed by atoms with van der Waals surface area (Å²) >= 11 is 0. The van der Waals surface area contributed by atoms with Crippen molar-refractivity contribution in [3.05, 3.63) is 35.9 Å². The molecule has 4 N–H and O–H groups in total. The Bertz CT molecular complexity index is 300. The largest absolute Gasteiger partial charge is 0.368 e. The normalized spacial score (nSPS) is 12.8. The summed E-state index contributed by atoms with van der Waals surface area (Å²) in [7, 11) is 0. The summed E-state index contributed by atoms with van der Waals surface area (Å²) in [6, 6.07) is 7.87. The van der Waals surface area contributed by atoms with Gasteiger partial charge in [-0.25, -0.2) is 0 Å². The van der Waals surface area contributed by atoms with Crippen LogP contribution >= 0.6 is 0 Å². The molecular weight excluding hydrogens is 184 g/mol. The third-order valence-electron chi connectivity index (χ3n) is 1.88. The van der Waals surface area contributed by atoms with Gasteiger partial charge in [0, 0.05) is 6.42 Å². The van der Waals surface area contributed by atoms with Crippen molar-refractivity contribution in [1.29, 1.82) is 0 Å². The van der Waals surface area contributed by atoms with E-state index in [4.69, 9.17) is 16.1 Å². The van der Waals surface area contributed by atoms with Gasteiger partial charge in [0.05, 0.1) is 0 Å². The summed E-state index contributed by atoms with van der Waals surface area (Å²) in [5.74, 6) is -0.779. The predicted octanol–water partition coefficient (Wildman–Crippen LogP) is 0.163. The van der Waals surface area contributed by atoms with Crippen molar-refractivity contribution in [2.24, 2.45) is 5.73 Å². The smallest absolute Gasteiger partial charge is 0.240 e. The number of primary amides is 1. The highest BCUT2D eigenvalue weighted by Gasteiger charge is 2.21. The molecule has 0 saturated heterocycles. The zero-order chi connectivity index (χ0) is 10.6. The van der Waals surface area contributed by atoms with Crippen molar-refractivity contribution < 1.29 is 15.2 Å². The van der Waals surface area contributed by atoms with E-state index >= 15 is 0 Å². The number of carbonyl (C=O) groups excluding carboxylic acids is 1. The first kappa shape index (κ1) is 10.6. The summed E-state index contributed by atoms with van der Waals surface area (Å²) in [6.45, 7) is 0. The first-order valence-corrected chi connectivity index (χ1v) is 4.11. The van der Waals surface area contributed by atoms with Gasteiger partial charge in [-0.15, -0.1) is 0 Å². The lowest BCUT2D eigenvalue weighted by molar-refractivity contribution is -0.324. The molecule has 0 radical (unpaired) electrons. The Morgan fingerprint density at radius 3 is 2.36 bits per heavy atom. The second kappa shape index (κ2) is 4.71. The van der Waals surface area contributed by atoms with E-state index in [1.807, 2.05) is 6.07 Å². The van der Waals surface area contributed by atoms with Crippen LogP contribution in [-0.4, -0.2) is 27.6 Å². The van der Waals surface area contributed by atoms with Gasteiger partial charge >= 0.3 is 0 Å². The fourth-order valence-corrected chi connectivity index (χ4v) is 1.13. The predicted molar refractivity (Wildman–Crippen MR) is 48.5 cm³/mol. The van der Waals surface area contributed by atoms with Crippen LogP contribution in [0.1, 0.15) is 5.56 Å². The molecule has 5 heteroatoms. The monoisotopic (exact) mass is 196 g/mol. The lowest BCUT2D eigenvalue weighted by Gasteiger charge is -2.16. The molecule has 0 spiro atoms. The number of amides is 1. The van der Waals surface area contributed by atoms with E-state index in [-0.39, 0.29) is 11.6 Å². The van der Waals surface area contributed by atoms with E-state index in [2.05, 4.69) is 0 Å². The second-order valence-corrected chi connectivity index (χ2v) is 2.93. The Morgan fingerprint density at radius 1 is 1.36 bits per heavy atom. The first-order valence-electron chi connectivity index (χ1n) is 4.11. The number of rotatable bonds is 4. The SMILES string of the molecule is NC(=O)C(Cc1ccccc1)N(O)O. The quantitative estimate of drug-likeness (QED) is 0.599. The molecule has 0 bridgehead atoms. The molecule has 5 nitrogen and oxygen atoms in total. The van der Waals surface area contributed by atoms with Crippen LogP contribution in [0.15, 0.2) is 30.3 Å². The maximum Gasteiger partial charge on any atom is 0.240 e. The average molecular weight is 196 g/mol. The number of hydrogen-bond donors (Lipinski definition) is 3. The minimum atomic E-state index is -1.11. The van der Waals surface area contributed by atoms with Crippen molar-refractivity contribution in [1.82, 2.24) is 5.23 Å². The number of nitrogens with zero attached hydrogens (tertiary/aromatic N) is 1. The van der Waals surface area contributed by atoms with Gasteiger partial charge in [-0.3, -0.25) is 15.2 Å². The number of nitrogens with two attached hydrogens (primary N) is 1. The number of carbonyl (C=O) groups is 1. The standard InChI is InChI=1S/C9H12N2O3/c10-9(12)8(11(13)14)6-7-4-2-1-3-5-7/h1-5,8,13-14H,6H2,(H2,10,12). The summed E-state index contributed by atoms with van der Waals surface area (Å²) in [5.41, 5.74) is 5.79. The highest BCUT2D eigenvalue weighted by Crippen LogP contribution is 2.05. The van der Waals surface area contributed by atoms with Crippen LogP contribution in [-0.2, 0) is 11.2 Å². The van der Waals surface area contributed by atoms with Gasteiger partial charge in [-0.05, 0) is 5.56 Å². The van der Waals surface area contributed by atoms with Crippen molar-refractivity contribution >= 4 is 5.91 Å². The van der Waals surface area contributed by atoms with Crippen LogP contribution in [0, 0.1) is 0 Å². The van der Waals surface area contributed by atoms with E-state index < -0.39 is 11.9 Å². The molecule has 0 aromatic heterocycles. The lowest BCUT2D eigenvalue weighted by Crippen LogP contribution is -2.42. The molecule has 76 valence electrons. The van der Waals surface area contributed by atoms with Gasteiger partial charge < -0.3 is 5.73 Å². The van der Waals surface area contributed by atoms with Crippen LogP contribution < -0.4 is 5.73 Å². The molecule has 1 atom stereocenters. The molecular formula is C9H12N2O3. The molecule has 1 amide bonds. The molecule has 0 saturated carbocycles. The molecule has 0 aliphatic carbocycles. The maximum absolute atomic E-state index is 10.8. The fourth-order valence-electron chi connectivity index (χ4n) is 1.13. The number of hydroxylamine groups is 2. The Labute approximate surface area is 81.3 Å². The van der Waals surface area contributed by atoms with Gasteiger partial charge in [0.15, 0.2) is 0 Å². The summed E-state index contributed by atoms with van der Waals surface area (Å²) in [5, 5.41) is 17.3. The molecule has 0 aliphatic heterocycles. The van der Waals surface area contributed by atoms with Crippen LogP contribution in [0.5, 0.6) is 0 Å². The third-order valence-corrected chi connectivity index (χ3v) is 1.88. The van der Waals surface area contributed by atoms with Crippen LogP contribution in [0.2, 0.25) is 0 Å². The molecule has 0 fully saturated rings. The molecule has 1 aromatic rings.